The summed E-state index contributed by atoms with van der Waals surface area (Å²) in [5, 5.41) is 5.33. The number of carbonyl (C=O) groups excluding carboxylic acids is 2. The van der Waals surface area contributed by atoms with Crippen LogP contribution in [0.2, 0.25) is 0 Å². The summed E-state index contributed by atoms with van der Waals surface area (Å²) in [6.07, 6.45) is 2.14. The summed E-state index contributed by atoms with van der Waals surface area (Å²) in [5.74, 6) is -0.263. The Kier molecular flexibility index (Phi) is 2.68. The van der Waals surface area contributed by atoms with Crippen molar-refractivity contribution in [1.29, 1.82) is 0 Å². The molecule has 0 aliphatic heterocycles. The van der Waals surface area contributed by atoms with E-state index in [4.69, 9.17) is 0 Å². The molecule has 0 aromatic heterocycles. The van der Waals surface area contributed by atoms with Gasteiger partial charge in [0.2, 0.25) is 11.8 Å². The zero-order valence-corrected chi connectivity index (χ0v) is 7.39. The van der Waals surface area contributed by atoms with E-state index < -0.39 is 6.04 Å². The van der Waals surface area contributed by atoms with Crippen LogP contribution in [0.25, 0.3) is 0 Å². The predicted octanol–water partition coefficient (Wildman–Crippen LogP) is -0.210. The minimum atomic E-state index is -0.414. The fraction of sp³-hybridized carbons (Fsp3) is 0.750. The number of nitrogens with one attached hydrogen (secondary N) is 2. The van der Waals surface area contributed by atoms with Crippen molar-refractivity contribution < 1.29 is 9.59 Å². The minimum absolute atomic E-state index is 0.0901. The number of rotatable bonds is 3. The molecule has 1 aliphatic rings. The van der Waals surface area contributed by atoms with Crippen LogP contribution >= 0.6 is 0 Å². The standard InChI is InChI=1S/C8H14N2O2/c1-5(9-6(2)11)8(12)10-7-3-4-7/h5,7H,3-4H2,1-2H3,(H,9,11)(H,10,12). The maximum absolute atomic E-state index is 11.2. The summed E-state index contributed by atoms with van der Waals surface area (Å²) in [7, 11) is 0. The van der Waals surface area contributed by atoms with Gasteiger partial charge < -0.3 is 10.6 Å². The van der Waals surface area contributed by atoms with Gasteiger partial charge in [-0.3, -0.25) is 9.59 Å². The van der Waals surface area contributed by atoms with E-state index in [0.29, 0.717) is 6.04 Å². The van der Waals surface area contributed by atoms with Gasteiger partial charge in [-0.25, -0.2) is 0 Å². The first-order valence-corrected chi connectivity index (χ1v) is 4.17. The molecule has 4 nitrogen and oxygen atoms in total. The average Bonchev–Trinajstić information content (AvgIpc) is 2.70. The van der Waals surface area contributed by atoms with Crippen molar-refractivity contribution in [2.75, 3.05) is 0 Å². The predicted molar refractivity (Wildman–Crippen MR) is 44.4 cm³/mol. The first-order valence-electron chi connectivity index (χ1n) is 4.17. The summed E-state index contributed by atoms with van der Waals surface area (Å²) in [6.45, 7) is 3.08. The van der Waals surface area contributed by atoms with Crippen LogP contribution in [0.4, 0.5) is 0 Å². The maximum Gasteiger partial charge on any atom is 0.242 e. The third kappa shape index (κ3) is 2.90. The Morgan fingerprint density at radius 2 is 2.00 bits per heavy atom. The van der Waals surface area contributed by atoms with Crippen LogP contribution in [0.5, 0.6) is 0 Å². The molecule has 12 heavy (non-hydrogen) atoms. The normalized spacial score (nSPS) is 18.2. The van der Waals surface area contributed by atoms with Crippen molar-refractivity contribution in [2.45, 2.75) is 38.8 Å². The van der Waals surface area contributed by atoms with Gasteiger partial charge in [0.25, 0.3) is 0 Å². The molecule has 1 saturated carbocycles. The molecule has 0 radical (unpaired) electrons. The smallest absolute Gasteiger partial charge is 0.242 e. The van der Waals surface area contributed by atoms with Crippen LogP contribution < -0.4 is 10.6 Å². The van der Waals surface area contributed by atoms with Crippen molar-refractivity contribution in [3.8, 4) is 0 Å². The highest BCUT2D eigenvalue weighted by Gasteiger charge is 2.25. The summed E-state index contributed by atoms with van der Waals surface area (Å²) in [5.41, 5.74) is 0. The summed E-state index contributed by atoms with van der Waals surface area (Å²) in [4.78, 5) is 21.8. The number of hydrogen-bond acceptors (Lipinski definition) is 2. The lowest BCUT2D eigenvalue weighted by atomic mass is 10.3. The quantitative estimate of drug-likeness (QED) is 0.615. The van der Waals surface area contributed by atoms with Crippen LogP contribution in [0.15, 0.2) is 0 Å². The first kappa shape index (κ1) is 9.03. The second kappa shape index (κ2) is 3.56. The molecule has 0 bridgehead atoms. The molecule has 1 rings (SSSR count). The van der Waals surface area contributed by atoms with Gasteiger partial charge in [-0.15, -0.1) is 0 Å². The van der Waals surface area contributed by atoms with Gasteiger partial charge in [0.15, 0.2) is 0 Å². The van der Waals surface area contributed by atoms with Gasteiger partial charge in [-0.1, -0.05) is 0 Å². The topological polar surface area (TPSA) is 58.2 Å². The fourth-order valence-corrected chi connectivity index (χ4v) is 0.924. The minimum Gasteiger partial charge on any atom is -0.352 e. The van der Waals surface area contributed by atoms with E-state index in [2.05, 4.69) is 10.6 Å². The van der Waals surface area contributed by atoms with E-state index >= 15 is 0 Å². The monoisotopic (exact) mass is 170 g/mol. The molecular formula is C8H14N2O2. The largest absolute Gasteiger partial charge is 0.352 e. The van der Waals surface area contributed by atoms with Gasteiger partial charge >= 0.3 is 0 Å². The Labute approximate surface area is 71.7 Å². The van der Waals surface area contributed by atoms with Crippen molar-refractivity contribution in [3.63, 3.8) is 0 Å². The molecule has 4 heteroatoms. The van der Waals surface area contributed by atoms with E-state index in [-0.39, 0.29) is 11.8 Å². The van der Waals surface area contributed by atoms with Gasteiger partial charge in [-0.05, 0) is 19.8 Å². The Balaban J connectivity index is 2.24. The van der Waals surface area contributed by atoms with Crippen molar-refractivity contribution in [2.24, 2.45) is 0 Å². The Hall–Kier alpha value is -1.06. The molecule has 68 valence electrons. The molecule has 0 heterocycles. The summed E-state index contributed by atoms with van der Waals surface area (Å²) >= 11 is 0. The third-order valence-electron chi connectivity index (χ3n) is 1.74. The maximum atomic E-state index is 11.2. The van der Waals surface area contributed by atoms with Gasteiger partial charge in [0, 0.05) is 13.0 Å². The van der Waals surface area contributed by atoms with E-state index in [9.17, 15) is 9.59 Å². The van der Waals surface area contributed by atoms with Crippen LogP contribution in [-0.4, -0.2) is 23.9 Å². The number of carbonyl (C=O) groups is 2. The molecular weight excluding hydrogens is 156 g/mol. The van der Waals surface area contributed by atoms with Crippen LogP contribution in [0.3, 0.4) is 0 Å². The molecule has 2 N–H and O–H groups in total. The van der Waals surface area contributed by atoms with Crippen LogP contribution in [0, 0.1) is 0 Å². The van der Waals surface area contributed by atoms with E-state index in [0.717, 1.165) is 12.8 Å². The van der Waals surface area contributed by atoms with Gasteiger partial charge in [-0.2, -0.15) is 0 Å². The van der Waals surface area contributed by atoms with Gasteiger partial charge in [0.1, 0.15) is 6.04 Å². The highest BCUT2D eigenvalue weighted by Crippen LogP contribution is 2.18. The Morgan fingerprint density at radius 1 is 1.42 bits per heavy atom. The molecule has 2 amide bonds. The lowest BCUT2D eigenvalue weighted by Gasteiger charge is -2.11. The zero-order chi connectivity index (χ0) is 9.14. The highest BCUT2D eigenvalue weighted by atomic mass is 16.2. The van der Waals surface area contributed by atoms with E-state index in [1.807, 2.05) is 0 Å². The molecule has 0 saturated heterocycles. The second-order valence-corrected chi connectivity index (χ2v) is 3.21. The van der Waals surface area contributed by atoms with Crippen LogP contribution in [0.1, 0.15) is 26.7 Å². The lowest BCUT2D eigenvalue weighted by molar-refractivity contribution is -0.127. The Bertz CT molecular complexity index is 199. The summed E-state index contributed by atoms with van der Waals surface area (Å²) < 4.78 is 0. The number of amides is 2. The van der Waals surface area contributed by atoms with Crippen molar-refractivity contribution >= 4 is 11.8 Å². The molecule has 1 unspecified atom stereocenters. The van der Waals surface area contributed by atoms with Crippen molar-refractivity contribution in [3.05, 3.63) is 0 Å². The van der Waals surface area contributed by atoms with Crippen molar-refractivity contribution in [1.82, 2.24) is 10.6 Å². The summed E-state index contributed by atoms with van der Waals surface area (Å²) in [6, 6.07) is -0.0585. The van der Waals surface area contributed by atoms with Gasteiger partial charge in [0.05, 0.1) is 0 Å². The Morgan fingerprint density at radius 3 is 2.42 bits per heavy atom. The first-order chi connectivity index (χ1) is 5.59. The highest BCUT2D eigenvalue weighted by molar-refractivity contribution is 5.86. The SMILES string of the molecule is CC(=O)NC(C)C(=O)NC1CC1. The van der Waals surface area contributed by atoms with E-state index in [1.165, 1.54) is 6.92 Å². The molecule has 1 fully saturated rings. The van der Waals surface area contributed by atoms with Crippen LogP contribution in [-0.2, 0) is 9.59 Å². The zero-order valence-electron chi connectivity index (χ0n) is 7.39. The van der Waals surface area contributed by atoms with E-state index in [1.54, 1.807) is 6.92 Å². The average molecular weight is 170 g/mol. The molecule has 0 spiro atoms. The number of hydrogen-bond donors (Lipinski definition) is 2. The molecule has 1 aliphatic carbocycles. The fourth-order valence-electron chi connectivity index (χ4n) is 0.924. The second-order valence-electron chi connectivity index (χ2n) is 3.21. The molecule has 1 atom stereocenters. The molecule has 0 aromatic carbocycles. The lowest BCUT2D eigenvalue weighted by Crippen LogP contribution is -2.44. The molecule has 0 aromatic rings. The third-order valence-corrected chi connectivity index (χ3v) is 1.74.